The molecule has 2 aliphatic heterocycles. The summed E-state index contributed by atoms with van der Waals surface area (Å²) in [6.45, 7) is 9.41. The number of aromatic amines is 1. The molecule has 1 amide bonds. The highest BCUT2D eigenvalue weighted by molar-refractivity contribution is 7.90. The van der Waals surface area contributed by atoms with Gasteiger partial charge in [0.25, 0.3) is 15.9 Å². The predicted octanol–water partition coefficient (Wildman–Crippen LogP) is 8.23. The molecule has 1 atom stereocenters. The van der Waals surface area contributed by atoms with E-state index in [-0.39, 0.29) is 28.6 Å². The first-order valence-electron chi connectivity index (χ1n) is 22.6. The minimum Gasteiger partial charge on any atom is -0.436 e. The van der Waals surface area contributed by atoms with E-state index in [9.17, 15) is 28.4 Å². The van der Waals surface area contributed by atoms with Gasteiger partial charge in [-0.1, -0.05) is 38.1 Å². The van der Waals surface area contributed by atoms with Crippen LogP contribution in [-0.2, 0) is 10.0 Å². The van der Waals surface area contributed by atoms with Gasteiger partial charge in [0.2, 0.25) is 11.7 Å². The van der Waals surface area contributed by atoms with Crippen LogP contribution in [0, 0.1) is 21.4 Å². The number of pyridine rings is 3. The molecule has 4 aromatic heterocycles. The molecule has 5 aromatic rings. The number of likely N-dealkylation sites (tertiary alicyclic amines) is 1. The summed E-state index contributed by atoms with van der Waals surface area (Å²) in [5.74, 6) is 0.319. The second-order valence-corrected chi connectivity index (χ2v) is 20.7. The van der Waals surface area contributed by atoms with Crippen molar-refractivity contribution in [2.24, 2.45) is 11.3 Å². The second kappa shape index (κ2) is 17.4. The summed E-state index contributed by atoms with van der Waals surface area (Å²) in [6.07, 6.45) is 13.7. The number of hydrogen-bond acceptors (Lipinski definition) is 13. The third-order valence-electron chi connectivity index (χ3n) is 14.2. The molecular weight excluding hydrogens is 835 g/mol. The molecule has 6 heterocycles. The average Bonchev–Trinajstić information content (AvgIpc) is 3.95. The van der Waals surface area contributed by atoms with E-state index < -0.39 is 37.0 Å². The fourth-order valence-electron chi connectivity index (χ4n) is 10.5. The zero-order chi connectivity index (χ0) is 44.8. The van der Waals surface area contributed by atoms with E-state index in [4.69, 9.17) is 9.72 Å². The topological polar surface area (TPSA) is 209 Å². The van der Waals surface area contributed by atoms with Gasteiger partial charge in [0.05, 0.1) is 22.9 Å². The number of anilines is 2. The molecule has 0 unspecified atom stereocenters. The van der Waals surface area contributed by atoms with Gasteiger partial charge in [-0.3, -0.25) is 19.8 Å². The molecule has 1 spiro atoms. The van der Waals surface area contributed by atoms with Crippen LogP contribution in [0.5, 0.6) is 11.6 Å². The van der Waals surface area contributed by atoms with Crippen molar-refractivity contribution in [1.82, 2.24) is 29.6 Å². The van der Waals surface area contributed by atoms with Gasteiger partial charge in [-0.2, -0.15) is 4.98 Å². The van der Waals surface area contributed by atoms with Crippen LogP contribution in [0.25, 0.3) is 11.0 Å². The number of carbonyl (C=O) groups is 1. The molecule has 2 saturated heterocycles. The van der Waals surface area contributed by atoms with Crippen LogP contribution < -0.4 is 19.7 Å². The smallest absolute Gasteiger partial charge is 0.312 e. The Bertz CT molecular complexity index is 2640. The van der Waals surface area contributed by atoms with Crippen molar-refractivity contribution in [3.05, 3.63) is 100.0 Å². The molecule has 0 bridgehead atoms. The van der Waals surface area contributed by atoms with E-state index in [1.807, 2.05) is 6.07 Å². The normalized spacial score (nSPS) is 22.7. The van der Waals surface area contributed by atoms with Crippen molar-refractivity contribution in [3.63, 3.8) is 0 Å². The number of ether oxygens (including phenoxy) is 1. The number of nitro groups is 1. The standard InChI is InChI=1S/C47H57N9O7S/c1-30(2)36-7-4-5-8-37(36)39-9-6-20-55(39)33-25-47(26-33)17-21-54(22-18-47)41-11-10-38(45(52-41)63-34-23-32-14-19-48-42(32)50-28-34)44(57)53-64(61,62)35-24-40(56(59)60)43(51-29-35)49-27-31-12-15-46(3,58)16-13-31/h4-5,7-8,10-11,14,19,23-24,28-31,33,39,58H,6,9,12-13,15-18,20-22,25-27H2,1-3H3,(H,48,50)(H,49,51)(H,53,57)/t31?,39-,46?/m0/s1. The van der Waals surface area contributed by atoms with Crippen LogP contribution in [0.1, 0.15) is 118 Å². The molecule has 0 radical (unpaired) electrons. The largest absolute Gasteiger partial charge is 0.436 e. The monoisotopic (exact) mass is 891 g/mol. The summed E-state index contributed by atoms with van der Waals surface area (Å²) in [6, 6.07) is 17.6. The molecule has 9 rings (SSSR count). The van der Waals surface area contributed by atoms with E-state index in [0.717, 1.165) is 63.0 Å². The summed E-state index contributed by atoms with van der Waals surface area (Å²) < 4.78 is 35.6. The highest BCUT2D eigenvalue weighted by Gasteiger charge is 2.50. The molecule has 17 heteroatoms. The van der Waals surface area contributed by atoms with E-state index in [0.29, 0.717) is 54.6 Å². The number of amides is 1. The number of carbonyl (C=O) groups excluding carboxylic acids is 1. The fraction of sp³-hybridized carbons (Fsp3) is 0.489. The first-order chi connectivity index (χ1) is 30.7. The Morgan fingerprint density at radius 1 is 1.02 bits per heavy atom. The maximum atomic E-state index is 13.9. The van der Waals surface area contributed by atoms with Gasteiger partial charge >= 0.3 is 5.69 Å². The SMILES string of the molecule is CC(C)c1ccccc1[C@@H]1CCCN1C1CC2(CCN(c3ccc(C(=O)NS(=O)(=O)c4cnc(NCC5CCC(C)(O)CC5)c([N+](=O)[O-])c4)c(Oc4cnc5[nH]ccc5c4)n3)CC2)C1. The number of aromatic nitrogens is 4. The minimum atomic E-state index is -4.65. The van der Waals surface area contributed by atoms with Crippen LogP contribution >= 0.6 is 0 Å². The van der Waals surface area contributed by atoms with Gasteiger partial charge < -0.3 is 25.0 Å². The quantitative estimate of drug-likeness (QED) is 0.0650. The minimum absolute atomic E-state index is 0.0830. The number of rotatable bonds is 13. The average molecular weight is 892 g/mol. The third-order valence-corrected chi connectivity index (χ3v) is 15.5. The van der Waals surface area contributed by atoms with Crippen molar-refractivity contribution in [2.45, 2.75) is 113 Å². The van der Waals surface area contributed by atoms with Crippen molar-refractivity contribution in [3.8, 4) is 11.6 Å². The zero-order valence-corrected chi connectivity index (χ0v) is 37.4. The van der Waals surface area contributed by atoms with Crippen molar-refractivity contribution in [1.29, 1.82) is 0 Å². The first-order valence-corrected chi connectivity index (χ1v) is 24.0. The Morgan fingerprint density at radius 2 is 1.78 bits per heavy atom. The molecule has 16 nitrogen and oxygen atoms in total. The van der Waals surface area contributed by atoms with Crippen molar-refractivity contribution >= 4 is 44.3 Å². The maximum Gasteiger partial charge on any atom is 0.312 e. The molecule has 1 aromatic carbocycles. The number of piperidine rings is 1. The summed E-state index contributed by atoms with van der Waals surface area (Å²) in [7, 11) is -4.65. The number of benzene rings is 1. The second-order valence-electron chi connectivity index (χ2n) is 19.0. The van der Waals surface area contributed by atoms with Gasteiger partial charge in [0, 0.05) is 49.4 Å². The predicted molar refractivity (Wildman–Crippen MR) is 243 cm³/mol. The maximum absolute atomic E-state index is 13.9. The van der Waals surface area contributed by atoms with Gasteiger partial charge in [0.1, 0.15) is 27.7 Å². The van der Waals surface area contributed by atoms with Crippen LogP contribution in [0.3, 0.4) is 0 Å². The van der Waals surface area contributed by atoms with Crippen LogP contribution in [-0.4, -0.2) is 87.0 Å². The number of nitrogens with zero attached hydrogens (tertiary/aromatic N) is 6. The molecule has 338 valence electrons. The molecule has 4 aliphatic rings. The molecule has 4 N–H and O–H groups in total. The van der Waals surface area contributed by atoms with Gasteiger partial charge in [-0.25, -0.2) is 23.1 Å². The number of nitrogens with one attached hydrogen (secondary N) is 3. The highest BCUT2D eigenvalue weighted by atomic mass is 32.2. The third kappa shape index (κ3) is 9.02. The highest BCUT2D eigenvalue weighted by Crippen LogP contribution is 2.54. The lowest BCUT2D eigenvalue weighted by Gasteiger charge is -2.56. The van der Waals surface area contributed by atoms with Crippen LogP contribution in [0.2, 0.25) is 0 Å². The molecule has 64 heavy (non-hydrogen) atoms. The van der Waals surface area contributed by atoms with Crippen LogP contribution in [0.4, 0.5) is 17.3 Å². The Labute approximate surface area is 373 Å². The summed E-state index contributed by atoms with van der Waals surface area (Å²) in [4.78, 5) is 46.1. The molecular formula is C47H57N9O7S. The summed E-state index contributed by atoms with van der Waals surface area (Å²) in [5.41, 5.74) is 2.43. The summed E-state index contributed by atoms with van der Waals surface area (Å²) in [5, 5.41) is 26.2. The van der Waals surface area contributed by atoms with E-state index in [2.05, 4.69) is 72.9 Å². The molecule has 2 aliphatic carbocycles. The lowest BCUT2D eigenvalue weighted by atomic mass is 9.60. The summed E-state index contributed by atoms with van der Waals surface area (Å²) >= 11 is 0. The van der Waals surface area contributed by atoms with E-state index in [1.54, 1.807) is 25.3 Å². The van der Waals surface area contributed by atoms with Gasteiger partial charge in [0.15, 0.2) is 0 Å². The number of H-pyrrole nitrogens is 1. The number of aliphatic hydroxyl groups is 1. The van der Waals surface area contributed by atoms with Gasteiger partial charge in [-0.05, 0) is 130 Å². The lowest BCUT2D eigenvalue weighted by Crippen LogP contribution is -2.55. The Balaban J connectivity index is 0.895. The first kappa shape index (κ1) is 43.6. The van der Waals surface area contributed by atoms with Crippen molar-refractivity contribution in [2.75, 3.05) is 36.4 Å². The number of sulfonamides is 1. The molecule has 2 saturated carbocycles. The fourth-order valence-corrected chi connectivity index (χ4v) is 11.4. The van der Waals surface area contributed by atoms with Crippen LogP contribution in [0.15, 0.2) is 78.1 Å². The van der Waals surface area contributed by atoms with E-state index >= 15 is 0 Å². The number of fused-ring (bicyclic) bond motifs is 1. The molecule has 4 fully saturated rings. The Morgan fingerprint density at radius 3 is 2.53 bits per heavy atom. The lowest BCUT2D eigenvalue weighted by molar-refractivity contribution is -0.384. The number of hydrogen-bond donors (Lipinski definition) is 4. The van der Waals surface area contributed by atoms with Gasteiger partial charge in [-0.15, -0.1) is 0 Å². The van der Waals surface area contributed by atoms with Crippen molar-refractivity contribution < 1.29 is 28.0 Å². The Hall–Kier alpha value is -5.65. The Kier molecular flexibility index (Phi) is 11.8. The zero-order valence-electron chi connectivity index (χ0n) is 36.6. The van der Waals surface area contributed by atoms with E-state index in [1.165, 1.54) is 49.1 Å².